The van der Waals surface area contributed by atoms with Crippen molar-refractivity contribution in [1.29, 1.82) is 10.8 Å². The standard InChI is InChI=1S/C17H21N7O/c18-16(19)12-2-6-14(7-3-12)22-23-24(10-1-11-25)15-8-4-13(5-9-15)17(20)21/h2-9,25H,1,10-11H2,(H3,18,19)(H3,20,21). The minimum absolute atomic E-state index is 0.000598. The molecule has 0 atom stereocenters. The Bertz CT molecular complexity index is 754. The number of hydrogen-bond acceptors (Lipinski definition) is 5. The number of rotatable bonds is 8. The molecular weight excluding hydrogens is 318 g/mol. The zero-order valence-electron chi connectivity index (χ0n) is 13.7. The van der Waals surface area contributed by atoms with Gasteiger partial charge in [0.25, 0.3) is 0 Å². The zero-order chi connectivity index (χ0) is 18.2. The van der Waals surface area contributed by atoms with E-state index in [4.69, 9.17) is 27.4 Å². The number of anilines is 1. The molecule has 8 nitrogen and oxygen atoms in total. The van der Waals surface area contributed by atoms with Crippen LogP contribution in [0.1, 0.15) is 17.5 Å². The van der Waals surface area contributed by atoms with Crippen molar-refractivity contribution < 1.29 is 5.11 Å². The average Bonchev–Trinajstić information content (AvgIpc) is 2.62. The quantitative estimate of drug-likeness (QED) is 0.217. The van der Waals surface area contributed by atoms with Crippen LogP contribution < -0.4 is 16.5 Å². The fourth-order valence-electron chi connectivity index (χ4n) is 2.07. The number of hydrogen-bond donors (Lipinski definition) is 5. The Labute approximate surface area is 145 Å². The van der Waals surface area contributed by atoms with Crippen LogP contribution in [0.3, 0.4) is 0 Å². The fraction of sp³-hybridized carbons (Fsp3) is 0.176. The molecule has 0 aliphatic carbocycles. The van der Waals surface area contributed by atoms with Crippen molar-refractivity contribution in [3.63, 3.8) is 0 Å². The molecule has 130 valence electrons. The van der Waals surface area contributed by atoms with Gasteiger partial charge in [-0.15, -0.1) is 5.11 Å². The first-order valence-corrected chi connectivity index (χ1v) is 7.70. The van der Waals surface area contributed by atoms with Gasteiger partial charge >= 0.3 is 0 Å². The lowest BCUT2D eigenvalue weighted by Gasteiger charge is -2.17. The minimum atomic E-state index is -0.00128. The summed E-state index contributed by atoms with van der Waals surface area (Å²) in [6.07, 6.45) is 0.538. The summed E-state index contributed by atoms with van der Waals surface area (Å²) in [4.78, 5) is 0. The molecule has 0 heterocycles. The van der Waals surface area contributed by atoms with E-state index >= 15 is 0 Å². The first-order valence-electron chi connectivity index (χ1n) is 7.70. The van der Waals surface area contributed by atoms with E-state index in [1.807, 2.05) is 0 Å². The number of benzene rings is 2. The van der Waals surface area contributed by atoms with Crippen LogP contribution in [0, 0.1) is 10.8 Å². The minimum Gasteiger partial charge on any atom is -0.396 e. The second kappa shape index (κ2) is 8.55. The zero-order valence-corrected chi connectivity index (χ0v) is 13.7. The number of nitrogens with zero attached hydrogens (tertiary/aromatic N) is 3. The van der Waals surface area contributed by atoms with Gasteiger partial charge in [-0.05, 0) is 55.0 Å². The molecule has 0 saturated carbocycles. The second-order valence-electron chi connectivity index (χ2n) is 5.31. The van der Waals surface area contributed by atoms with E-state index in [1.165, 1.54) is 0 Å². The molecule has 0 aromatic heterocycles. The summed E-state index contributed by atoms with van der Waals surface area (Å²) >= 11 is 0. The SMILES string of the molecule is N=C(N)c1ccc(N=NN(CCCO)c2ccc(C(=N)N)cc2)cc1. The molecule has 0 bridgehead atoms. The number of nitrogen functional groups attached to an aromatic ring is 2. The van der Waals surface area contributed by atoms with Crippen LogP contribution in [0.25, 0.3) is 0 Å². The van der Waals surface area contributed by atoms with Crippen molar-refractivity contribution in [3.05, 3.63) is 59.7 Å². The summed E-state index contributed by atoms with van der Waals surface area (Å²) in [6, 6.07) is 13.9. The molecular formula is C17H21N7O. The third-order valence-corrected chi connectivity index (χ3v) is 3.45. The Morgan fingerprint density at radius 1 is 0.920 bits per heavy atom. The third kappa shape index (κ3) is 5.11. The maximum absolute atomic E-state index is 9.07. The van der Waals surface area contributed by atoms with E-state index in [9.17, 15) is 0 Å². The highest BCUT2D eigenvalue weighted by molar-refractivity contribution is 5.95. The van der Waals surface area contributed by atoms with Gasteiger partial charge in [0.1, 0.15) is 11.7 Å². The Hall–Kier alpha value is -3.26. The van der Waals surface area contributed by atoms with Crippen molar-refractivity contribution in [2.75, 3.05) is 18.2 Å². The Balaban J connectivity index is 2.18. The molecule has 7 N–H and O–H groups in total. The van der Waals surface area contributed by atoms with Crippen molar-refractivity contribution in [1.82, 2.24) is 0 Å². The molecule has 2 rings (SSSR count). The molecule has 0 aliphatic heterocycles. The number of nitrogens with one attached hydrogen (secondary N) is 2. The van der Waals surface area contributed by atoms with Crippen LogP contribution in [0.15, 0.2) is 58.9 Å². The topological polar surface area (TPSA) is 148 Å². The molecule has 8 heteroatoms. The second-order valence-corrected chi connectivity index (χ2v) is 5.31. The van der Waals surface area contributed by atoms with E-state index in [0.717, 1.165) is 5.69 Å². The monoisotopic (exact) mass is 339 g/mol. The third-order valence-electron chi connectivity index (χ3n) is 3.45. The average molecular weight is 339 g/mol. The van der Waals surface area contributed by atoms with Crippen molar-refractivity contribution in [3.8, 4) is 0 Å². The summed E-state index contributed by atoms with van der Waals surface area (Å²) < 4.78 is 0. The van der Waals surface area contributed by atoms with Crippen LogP contribution in [-0.2, 0) is 0 Å². The van der Waals surface area contributed by atoms with Crippen LogP contribution in [0.5, 0.6) is 0 Å². The van der Waals surface area contributed by atoms with Crippen LogP contribution >= 0.6 is 0 Å². The van der Waals surface area contributed by atoms with Gasteiger partial charge in [0.05, 0.1) is 11.4 Å². The lowest BCUT2D eigenvalue weighted by atomic mass is 10.2. The highest BCUT2D eigenvalue weighted by Gasteiger charge is 2.06. The molecule has 25 heavy (non-hydrogen) atoms. The molecule has 0 saturated heterocycles. The van der Waals surface area contributed by atoms with Crippen LogP contribution in [0.2, 0.25) is 0 Å². The Morgan fingerprint density at radius 3 is 1.92 bits per heavy atom. The molecule has 0 unspecified atom stereocenters. The van der Waals surface area contributed by atoms with Gasteiger partial charge in [0.2, 0.25) is 0 Å². The summed E-state index contributed by atoms with van der Waals surface area (Å²) in [7, 11) is 0. The van der Waals surface area contributed by atoms with Gasteiger partial charge in [-0.25, -0.2) is 5.01 Å². The summed E-state index contributed by atoms with van der Waals surface area (Å²) in [6.45, 7) is 0.538. The van der Waals surface area contributed by atoms with E-state index in [0.29, 0.717) is 29.8 Å². The van der Waals surface area contributed by atoms with Crippen molar-refractivity contribution in [2.45, 2.75) is 6.42 Å². The van der Waals surface area contributed by atoms with Gasteiger partial charge in [0, 0.05) is 24.3 Å². The first kappa shape index (κ1) is 18.1. The highest BCUT2D eigenvalue weighted by atomic mass is 16.3. The first-order chi connectivity index (χ1) is 12.0. The molecule has 0 spiro atoms. The molecule has 2 aromatic carbocycles. The van der Waals surface area contributed by atoms with E-state index < -0.39 is 0 Å². The van der Waals surface area contributed by atoms with Crippen LogP contribution in [0.4, 0.5) is 11.4 Å². The van der Waals surface area contributed by atoms with Crippen LogP contribution in [-0.4, -0.2) is 29.9 Å². The fourth-order valence-corrected chi connectivity index (χ4v) is 2.07. The van der Waals surface area contributed by atoms with Gasteiger partial charge < -0.3 is 16.6 Å². The molecule has 0 aliphatic rings. The predicted octanol–water partition coefficient (Wildman–Crippen LogP) is 2.14. The Kier molecular flexibility index (Phi) is 6.19. The lowest BCUT2D eigenvalue weighted by molar-refractivity contribution is 0.289. The van der Waals surface area contributed by atoms with Gasteiger partial charge in [-0.1, -0.05) is 5.22 Å². The lowest BCUT2D eigenvalue weighted by Crippen LogP contribution is -2.18. The summed E-state index contributed by atoms with van der Waals surface area (Å²) in [5.41, 5.74) is 13.5. The number of aliphatic hydroxyl groups excluding tert-OH is 1. The molecule has 0 radical (unpaired) electrons. The van der Waals surface area contributed by atoms with Gasteiger partial charge in [-0.2, -0.15) is 0 Å². The van der Waals surface area contributed by atoms with Gasteiger partial charge in [-0.3, -0.25) is 10.8 Å². The smallest absolute Gasteiger partial charge is 0.122 e. The Morgan fingerprint density at radius 2 is 1.44 bits per heavy atom. The summed E-state index contributed by atoms with van der Waals surface area (Å²) in [5.74, 6) is -0.000678. The van der Waals surface area contributed by atoms with Gasteiger partial charge in [0.15, 0.2) is 0 Å². The molecule has 0 fully saturated rings. The van der Waals surface area contributed by atoms with E-state index in [2.05, 4.69) is 10.3 Å². The normalized spacial score (nSPS) is 10.8. The van der Waals surface area contributed by atoms with E-state index in [1.54, 1.807) is 53.5 Å². The van der Waals surface area contributed by atoms with Crippen molar-refractivity contribution in [2.24, 2.45) is 21.8 Å². The summed E-state index contributed by atoms with van der Waals surface area (Å²) in [5, 5.41) is 34.0. The maximum atomic E-state index is 9.07. The number of amidine groups is 2. The highest BCUT2D eigenvalue weighted by Crippen LogP contribution is 2.19. The van der Waals surface area contributed by atoms with E-state index in [-0.39, 0.29) is 18.3 Å². The number of aliphatic hydroxyl groups is 1. The van der Waals surface area contributed by atoms with Crippen molar-refractivity contribution >= 4 is 23.0 Å². The molecule has 2 aromatic rings. The maximum Gasteiger partial charge on any atom is 0.122 e. The molecule has 0 amide bonds. The number of nitrogens with two attached hydrogens (primary N) is 2. The largest absolute Gasteiger partial charge is 0.396 e. The predicted molar refractivity (Wildman–Crippen MR) is 98.5 cm³/mol.